The van der Waals surface area contributed by atoms with E-state index in [-0.39, 0.29) is 5.92 Å². The Morgan fingerprint density at radius 3 is 2.85 bits per heavy atom. The highest BCUT2D eigenvalue weighted by Gasteiger charge is 2.53. The number of carbonyl (C=O) groups excluding carboxylic acids is 1. The largest absolute Gasteiger partial charge is 0.457 e. The summed E-state index contributed by atoms with van der Waals surface area (Å²) >= 11 is 0. The summed E-state index contributed by atoms with van der Waals surface area (Å²) in [7, 11) is 0. The number of nitrogens with one attached hydrogen (secondary N) is 1. The lowest BCUT2D eigenvalue weighted by Crippen LogP contribution is -2.38. The Hall–Kier alpha value is -2.58. The summed E-state index contributed by atoms with van der Waals surface area (Å²) in [5, 5.41) is 3.54. The summed E-state index contributed by atoms with van der Waals surface area (Å²) in [6, 6.07) is 1.22. The monoisotopic (exact) mass is 365 g/mol. The van der Waals surface area contributed by atoms with E-state index in [1.165, 1.54) is 23.8 Å². The fraction of sp³-hybridized carbons (Fsp3) is 0.688. The number of hydrogen-bond donors (Lipinski definition) is 1. The van der Waals surface area contributed by atoms with Crippen molar-refractivity contribution in [2.24, 2.45) is 11.0 Å². The summed E-state index contributed by atoms with van der Waals surface area (Å²) in [5.74, 6) is -0.680. The quantitative estimate of drug-likeness (QED) is 0.258. The van der Waals surface area contributed by atoms with E-state index in [0.717, 1.165) is 0 Å². The first kappa shape index (κ1) is 19.7. The molecule has 26 heavy (non-hydrogen) atoms. The van der Waals surface area contributed by atoms with Crippen molar-refractivity contribution in [2.45, 2.75) is 58.0 Å². The topological polar surface area (TPSA) is 139 Å². The normalized spacial score (nSPS) is 27.7. The Morgan fingerprint density at radius 1 is 1.54 bits per heavy atom. The van der Waals surface area contributed by atoms with Gasteiger partial charge in [-0.05, 0) is 24.8 Å². The highest BCUT2D eigenvalue weighted by Crippen LogP contribution is 2.47. The minimum Gasteiger partial charge on any atom is -0.457 e. The first-order valence-corrected chi connectivity index (χ1v) is 8.52. The molecule has 0 bridgehead atoms. The molecule has 0 aliphatic carbocycles. The zero-order chi connectivity index (χ0) is 19.3. The second-order valence-corrected chi connectivity index (χ2v) is 6.36. The molecule has 10 nitrogen and oxygen atoms in total. The van der Waals surface area contributed by atoms with E-state index < -0.39 is 35.2 Å². The molecule has 0 radical (unpaired) electrons. The molecule has 1 aromatic rings. The van der Waals surface area contributed by atoms with Crippen molar-refractivity contribution in [3.63, 3.8) is 0 Å². The van der Waals surface area contributed by atoms with Gasteiger partial charge in [0.05, 0.1) is 5.60 Å². The molecule has 1 unspecified atom stereocenters. The number of H-pyrrole nitrogens is 1. The second kappa shape index (κ2) is 8.20. The number of rotatable bonds is 7. The van der Waals surface area contributed by atoms with Crippen molar-refractivity contribution in [1.29, 1.82) is 0 Å². The first-order valence-electron chi connectivity index (χ1n) is 8.52. The van der Waals surface area contributed by atoms with Crippen molar-refractivity contribution >= 4 is 5.97 Å². The lowest BCUT2D eigenvalue weighted by atomic mass is 9.81. The Morgan fingerprint density at radius 2 is 2.27 bits per heavy atom. The van der Waals surface area contributed by atoms with E-state index in [1.807, 2.05) is 13.8 Å². The van der Waals surface area contributed by atoms with Gasteiger partial charge in [0.15, 0.2) is 12.3 Å². The predicted octanol–water partition coefficient (Wildman–Crippen LogP) is 1.87. The van der Waals surface area contributed by atoms with Gasteiger partial charge in [-0.2, -0.15) is 0 Å². The molecule has 1 saturated heterocycles. The fourth-order valence-electron chi connectivity index (χ4n) is 3.52. The van der Waals surface area contributed by atoms with Crippen LogP contribution in [0.4, 0.5) is 0 Å². The average Bonchev–Trinajstić information content (AvgIpc) is 2.85. The minimum atomic E-state index is -0.849. The Kier molecular flexibility index (Phi) is 6.23. The molecule has 0 saturated carbocycles. The van der Waals surface area contributed by atoms with Crippen LogP contribution in [0.15, 0.2) is 27.0 Å². The van der Waals surface area contributed by atoms with E-state index in [1.54, 1.807) is 0 Å². The van der Waals surface area contributed by atoms with Crippen LogP contribution < -0.4 is 11.2 Å². The van der Waals surface area contributed by atoms with Crippen LogP contribution in [-0.4, -0.2) is 33.8 Å². The van der Waals surface area contributed by atoms with Crippen LogP contribution >= 0.6 is 0 Å². The summed E-state index contributed by atoms with van der Waals surface area (Å²) in [4.78, 5) is 40.0. The number of esters is 1. The average molecular weight is 365 g/mol. The molecular formula is C16H23N5O5. The van der Waals surface area contributed by atoms with Crippen LogP contribution in [0.2, 0.25) is 0 Å². The molecule has 2 heterocycles. The molecule has 1 N–H and O–H groups in total. The molecule has 142 valence electrons. The molecule has 2 rings (SSSR count). The van der Waals surface area contributed by atoms with Gasteiger partial charge in [-0.1, -0.05) is 19.0 Å². The Bertz CT molecular complexity index is 812. The lowest BCUT2D eigenvalue weighted by Gasteiger charge is -2.32. The van der Waals surface area contributed by atoms with Crippen molar-refractivity contribution < 1.29 is 14.3 Å². The number of nitrogens with zero attached hydrogens (tertiary/aromatic N) is 4. The standard InChI is InChI=1S/C16H23N5O5/c1-4-16(7-5-8-18-20-17)10(2)13(25-11(3)22)14(26-16)21-9-6-12(23)19-15(21)24/h6,9-10,13-14H,4-5,7-8H2,1-3H3,(H,19,23,24)/t10-,13?,14-,16+/m1/s1. The van der Waals surface area contributed by atoms with Crippen LogP contribution in [0.3, 0.4) is 0 Å². The molecule has 0 spiro atoms. The van der Waals surface area contributed by atoms with Gasteiger partial charge in [-0.15, -0.1) is 0 Å². The Balaban J connectivity index is 2.38. The molecular weight excluding hydrogens is 342 g/mol. The number of ether oxygens (including phenoxy) is 2. The van der Waals surface area contributed by atoms with E-state index in [9.17, 15) is 14.4 Å². The van der Waals surface area contributed by atoms with Crippen molar-refractivity contribution in [1.82, 2.24) is 9.55 Å². The molecule has 0 aromatic carbocycles. The van der Waals surface area contributed by atoms with Gasteiger partial charge in [-0.25, -0.2) is 4.79 Å². The molecule has 1 aliphatic heterocycles. The van der Waals surface area contributed by atoms with Crippen molar-refractivity contribution in [3.8, 4) is 0 Å². The summed E-state index contributed by atoms with van der Waals surface area (Å²) in [5.41, 5.74) is 6.62. The van der Waals surface area contributed by atoms with Crippen LogP contribution in [-0.2, 0) is 14.3 Å². The zero-order valence-electron chi connectivity index (χ0n) is 15.0. The number of aromatic nitrogens is 2. The van der Waals surface area contributed by atoms with Gasteiger partial charge < -0.3 is 9.47 Å². The van der Waals surface area contributed by atoms with Crippen molar-refractivity contribution in [3.05, 3.63) is 43.5 Å². The number of hydrogen-bond acceptors (Lipinski definition) is 6. The SMILES string of the molecule is CC[C@@]1(CCCN=[N+]=[N-])O[C@@H](n2ccc(=O)[nH]c2=O)C(OC(C)=O)[C@H]1C. The van der Waals surface area contributed by atoms with Gasteiger partial charge in [0.2, 0.25) is 0 Å². The molecule has 1 aliphatic rings. The third-order valence-corrected chi connectivity index (χ3v) is 4.91. The number of azide groups is 1. The molecule has 1 aromatic heterocycles. The molecule has 10 heteroatoms. The maximum atomic E-state index is 12.2. The van der Waals surface area contributed by atoms with Gasteiger partial charge in [-0.3, -0.25) is 19.1 Å². The molecule has 0 amide bonds. The highest BCUT2D eigenvalue weighted by atomic mass is 16.6. The van der Waals surface area contributed by atoms with E-state index >= 15 is 0 Å². The smallest absolute Gasteiger partial charge is 0.330 e. The second-order valence-electron chi connectivity index (χ2n) is 6.36. The maximum absolute atomic E-state index is 12.2. The summed E-state index contributed by atoms with van der Waals surface area (Å²) in [6.45, 7) is 5.48. The molecule has 1 fully saturated rings. The van der Waals surface area contributed by atoms with Crippen LogP contribution in [0, 0.1) is 5.92 Å². The molecule has 4 atom stereocenters. The lowest BCUT2D eigenvalue weighted by molar-refractivity contribution is -0.154. The van der Waals surface area contributed by atoms with E-state index in [4.69, 9.17) is 15.0 Å². The first-order chi connectivity index (χ1) is 12.3. The van der Waals surface area contributed by atoms with Gasteiger partial charge in [0.25, 0.3) is 5.56 Å². The van der Waals surface area contributed by atoms with Gasteiger partial charge in [0.1, 0.15) is 0 Å². The summed E-state index contributed by atoms with van der Waals surface area (Å²) < 4.78 is 12.9. The van der Waals surface area contributed by atoms with E-state index in [2.05, 4.69) is 15.0 Å². The number of carbonyl (C=O) groups is 1. The number of aromatic amines is 1. The van der Waals surface area contributed by atoms with Crippen molar-refractivity contribution in [2.75, 3.05) is 6.54 Å². The van der Waals surface area contributed by atoms with Crippen LogP contribution in [0.1, 0.15) is 46.3 Å². The summed E-state index contributed by atoms with van der Waals surface area (Å²) in [6.07, 6.45) is 1.60. The van der Waals surface area contributed by atoms with Crippen LogP contribution in [0.5, 0.6) is 0 Å². The van der Waals surface area contributed by atoms with Gasteiger partial charge in [0, 0.05) is 36.6 Å². The minimum absolute atomic E-state index is 0.203. The third kappa shape index (κ3) is 3.97. The van der Waals surface area contributed by atoms with Crippen LogP contribution in [0.25, 0.3) is 10.4 Å². The maximum Gasteiger partial charge on any atom is 0.330 e. The van der Waals surface area contributed by atoms with E-state index in [0.29, 0.717) is 25.8 Å². The fourth-order valence-corrected chi connectivity index (χ4v) is 3.52. The zero-order valence-corrected chi connectivity index (χ0v) is 15.0. The Labute approximate surface area is 149 Å². The predicted molar refractivity (Wildman–Crippen MR) is 92.4 cm³/mol. The highest BCUT2D eigenvalue weighted by molar-refractivity contribution is 5.66. The third-order valence-electron chi connectivity index (χ3n) is 4.91. The van der Waals surface area contributed by atoms with Gasteiger partial charge >= 0.3 is 11.7 Å².